The van der Waals surface area contributed by atoms with Crippen molar-refractivity contribution in [3.63, 3.8) is 0 Å². The first-order chi connectivity index (χ1) is 17.6. The molecule has 0 amide bonds. The summed E-state index contributed by atoms with van der Waals surface area (Å²) in [4.78, 5) is 10.4. The first kappa shape index (κ1) is 25.2. The number of ether oxygens (including phenoxy) is 4. The molecule has 2 aliphatic rings. The first-order valence-corrected chi connectivity index (χ1v) is 11.8. The van der Waals surface area contributed by atoms with Crippen LogP contribution in [0.3, 0.4) is 0 Å². The SMILES string of the molecule is CC1(C)OCC(COc2cc(C(O)N3CCOc4ccc(-c5cccc(C(F)(F)F)c5)nc43)ccn2)O1. The van der Waals surface area contributed by atoms with Gasteiger partial charge in [-0.1, -0.05) is 12.1 Å². The first-order valence-electron chi connectivity index (χ1n) is 11.8. The molecule has 0 saturated carbocycles. The summed E-state index contributed by atoms with van der Waals surface area (Å²) in [5, 5.41) is 11.2. The van der Waals surface area contributed by atoms with Gasteiger partial charge in [0.1, 0.15) is 19.3 Å². The van der Waals surface area contributed by atoms with Gasteiger partial charge in [-0.2, -0.15) is 13.2 Å². The van der Waals surface area contributed by atoms with E-state index in [0.717, 1.165) is 12.1 Å². The van der Waals surface area contributed by atoms with Crippen LogP contribution < -0.4 is 14.4 Å². The maximum atomic E-state index is 13.2. The van der Waals surface area contributed by atoms with Crippen LogP contribution in [0.2, 0.25) is 0 Å². The molecule has 1 saturated heterocycles. The van der Waals surface area contributed by atoms with Gasteiger partial charge in [0.25, 0.3) is 0 Å². The number of aliphatic hydroxyl groups is 1. The average molecular weight is 518 g/mol. The third-order valence-electron chi connectivity index (χ3n) is 6.02. The number of pyridine rings is 2. The summed E-state index contributed by atoms with van der Waals surface area (Å²) in [6.45, 7) is 4.91. The van der Waals surface area contributed by atoms with E-state index >= 15 is 0 Å². The Bertz CT molecular complexity index is 1270. The summed E-state index contributed by atoms with van der Waals surface area (Å²) < 4.78 is 62.4. The molecule has 0 spiro atoms. The molecule has 8 nitrogen and oxygen atoms in total. The lowest BCUT2D eigenvalue weighted by molar-refractivity contribution is -0.141. The zero-order valence-corrected chi connectivity index (χ0v) is 20.2. The van der Waals surface area contributed by atoms with Gasteiger partial charge in [-0.15, -0.1) is 0 Å². The molecular formula is C26H26F3N3O5. The van der Waals surface area contributed by atoms with Gasteiger partial charge >= 0.3 is 6.18 Å². The quantitative estimate of drug-likeness (QED) is 0.509. The van der Waals surface area contributed by atoms with Gasteiger partial charge in [0, 0.05) is 23.4 Å². The van der Waals surface area contributed by atoms with Crippen LogP contribution in [0.25, 0.3) is 11.3 Å². The average Bonchev–Trinajstić information content (AvgIpc) is 3.24. The Morgan fingerprint density at radius 1 is 1.19 bits per heavy atom. The number of nitrogens with zero attached hydrogens (tertiary/aromatic N) is 3. The molecule has 5 rings (SSSR count). The highest BCUT2D eigenvalue weighted by Crippen LogP contribution is 2.38. The van der Waals surface area contributed by atoms with E-state index in [-0.39, 0.29) is 12.7 Å². The summed E-state index contributed by atoms with van der Waals surface area (Å²) >= 11 is 0. The highest BCUT2D eigenvalue weighted by Gasteiger charge is 2.34. The molecule has 2 aromatic heterocycles. The molecule has 1 fully saturated rings. The summed E-state index contributed by atoms with van der Waals surface area (Å²) in [7, 11) is 0. The van der Waals surface area contributed by atoms with Gasteiger partial charge in [-0.05, 0) is 44.2 Å². The Kier molecular flexibility index (Phi) is 6.69. The molecule has 0 bridgehead atoms. The van der Waals surface area contributed by atoms with E-state index in [0.29, 0.717) is 54.0 Å². The molecule has 11 heteroatoms. The summed E-state index contributed by atoms with van der Waals surface area (Å²) in [6.07, 6.45) is -4.31. The smallest absolute Gasteiger partial charge is 0.416 e. The largest absolute Gasteiger partial charge is 0.488 e. The Morgan fingerprint density at radius 2 is 2.03 bits per heavy atom. The molecule has 37 heavy (non-hydrogen) atoms. The number of aliphatic hydroxyl groups excluding tert-OH is 1. The molecule has 2 unspecified atom stereocenters. The minimum atomic E-state index is -4.47. The van der Waals surface area contributed by atoms with Gasteiger partial charge in [0.2, 0.25) is 5.88 Å². The van der Waals surface area contributed by atoms with Crippen molar-refractivity contribution in [3.8, 4) is 22.9 Å². The molecule has 0 radical (unpaired) electrons. The zero-order valence-electron chi connectivity index (χ0n) is 20.2. The van der Waals surface area contributed by atoms with Gasteiger partial charge in [-0.3, -0.25) is 0 Å². The fourth-order valence-electron chi connectivity index (χ4n) is 4.24. The fourth-order valence-corrected chi connectivity index (χ4v) is 4.24. The van der Waals surface area contributed by atoms with Crippen molar-refractivity contribution in [2.45, 2.75) is 38.1 Å². The highest BCUT2D eigenvalue weighted by molar-refractivity contribution is 5.67. The lowest BCUT2D eigenvalue weighted by Gasteiger charge is -2.34. The third-order valence-corrected chi connectivity index (χ3v) is 6.02. The van der Waals surface area contributed by atoms with Gasteiger partial charge < -0.3 is 29.0 Å². The number of hydrogen-bond acceptors (Lipinski definition) is 8. The lowest BCUT2D eigenvalue weighted by Crippen LogP contribution is -2.37. The second-order valence-corrected chi connectivity index (χ2v) is 9.20. The second kappa shape index (κ2) is 9.81. The Balaban J connectivity index is 1.36. The van der Waals surface area contributed by atoms with Gasteiger partial charge in [0.15, 0.2) is 23.6 Å². The molecule has 196 valence electrons. The molecular weight excluding hydrogens is 491 g/mol. The van der Waals surface area contributed by atoms with Crippen molar-refractivity contribution < 1.29 is 37.2 Å². The van der Waals surface area contributed by atoms with Crippen LogP contribution in [0.5, 0.6) is 11.6 Å². The van der Waals surface area contributed by atoms with Crippen molar-refractivity contribution in [2.75, 3.05) is 31.3 Å². The molecule has 1 N–H and O–H groups in total. The normalized spacial score (nSPS) is 19.7. The van der Waals surface area contributed by atoms with Crippen molar-refractivity contribution in [2.24, 2.45) is 0 Å². The molecule has 2 atom stereocenters. The zero-order chi connectivity index (χ0) is 26.2. The maximum Gasteiger partial charge on any atom is 0.416 e. The van der Waals surface area contributed by atoms with E-state index in [4.69, 9.17) is 18.9 Å². The van der Waals surface area contributed by atoms with Crippen molar-refractivity contribution in [3.05, 3.63) is 65.9 Å². The minimum Gasteiger partial charge on any atom is -0.488 e. The van der Waals surface area contributed by atoms with E-state index in [9.17, 15) is 18.3 Å². The fraction of sp³-hybridized carbons (Fsp3) is 0.385. The Labute approximate surface area is 211 Å². The molecule has 3 aromatic rings. The van der Waals surface area contributed by atoms with E-state index in [1.54, 1.807) is 35.2 Å². The predicted molar refractivity (Wildman–Crippen MR) is 127 cm³/mol. The summed E-state index contributed by atoms with van der Waals surface area (Å²) in [5.74, 6) is 0.395. The van der Waals surface area contributed by atoms with Crippen LogP contribution in [0.15, 0.2) is 54.7 Å². The Hall–Kier alpha value is -3.41. The minimum absolute atomic E-state index is 0.234. The van der Waals surface area contributed by atoms with Crippen molar-refractivity contribution in [1.29, 1.82) is 0 Å². The van der Waals surface area contributed by atoms with E-state index in [1.165, 1.54) is 12.3 Å². The number of hydrogen-bond donors (Lipinski definition) is 1. The van der Waals surface area contributed by atoms with Crippen LogP contribution in [-0.4, -0.2) is 53.3 Å². The number of halogens is 3. The van der Waals surface area contributed by atoms with E-state index < -0.39 is 23.8 Å². The van der Waals surface area contributed by atoms with Crippen LogP contribution in [-0.2, 0) is 15.7 Å². The highest BCUT2D eigenvalue weighted by atomic mass is 19.4. The van der Waals surface area contributed by atoms with Crippen molar-refractivity contribution in [1.82, 2.24) is 9.97 Å². The second-order valence-electron chi connectivity index (χ2n) is 9.20. The number of aromatic nitrogens is 2. The van der Waals surface area contributed by atoms with Gasteiger partial charge in [0.05, 0.1) is 24.4 Å². The Morgan fingerprint density at radius 3 is 2.78 bits per heavy atom. The van der Waals surface area contributed by atoms with Gasteiger partial charge in [-0.25, -0.2) is 9.97 Å². The number of anilines is 1. The van der Waals surface area contributed by atoms with Crippen LogP contribution in [0, 0.1) is 0 Å². The number of benzene rings is 1. The number of fused-ring (bicyclic) bond motifs is 1. The summed E-state index contributed by atoms with van der Waals surface area (Å²) in [5.41, 5.74) is 0.375. The standard InChI is InChI=1S/C26H26F3N3O5/c1-25(2)36-15-19(37-25)14-35-22-13-17(8-9-30-22)24(33)32-10-11-34-21-7-6-20(31-23(21)32)16-4-3-5-18(12-16)26(27,28)29/h3-9,12-13,19,24,33H,10-11,14-15H2,1-2H3. The lowest BCUT2D eigenvalue weighted by atomic mass is 10.1. The molecule has 2 aliphatic heterocycles. The molecule has 4 heterocycles. The maximum absolute atomic E-state index is 13.2. The molecule has 1 aromatic carbocycles. The predicted octanol–water partition coefficient (Wildman–Crippen LogP) is 4.58. The van der Waals surface area contributed by atoms with E-state index in [2.05, 4.69) is 9.97 Å². The van der Waals surface area contributed by atoms with Crippen LogP contribution in [0.1, 0.15) is 31.2 Å². The van der Waals surface area contributed by atoms with Crippen molar-refractivity contribution >= 4 is 5.82 Å². The van der Waals surface area contributed by atoms with Crippen LogP contribution in [0.4, 0.5) is 19.0 Å². The monoisotopic (exact) mass is 517 g/mol. The summed E-state index contributed by atoms with van der Waals surface area (Å²) in [6, 6.07) is 11.5. The third kappa shape index (κ3) is 5.63. The molecule has 0 aliphatic carbocycles. The number of rotatable bonds is 6. The van der Waals surface area contributed by atoms with Crippen LogP contribution >= 0.6 is 0 Å². The van der Waals surface area contributed by atoms with E-state index in [1.807, 2.05) is 13.8 Å². The number of alkyl halides is 3. The topological polar surface area (TPSA) is 86.2 Å².